The van der Waals surface area contributed by atoms with Crippen molar-refractivity contribution < 1.29 is 9.59 Å². The summed E-state index contributed by atoms with van der Waals surface area (Å²) in [7, 11) is 0. The molecule has 0 heterocycles. The van der Waals surface area contributed by atoms with Crippen LogP contribution in [-0.2, 0) is 4.79 Å². The molecule has 1 unspecified atom stereocenters. The van der Waals surface area contributed by atoms with E-state index in [4.69, 9.17) is 0 Å². The summed E-state index contributed by atoms with van der Waals surface area (Å²) in [5.41, 5.74) is -0.370. The molecule has 110 valence electrons. The molecule has 0 saturated carbocycles. The van der Waals surface area contributed by atoms with Gasteiger partial charge in [0, 0.05) is 14.9 Å². The van der Waals surface area contributed by atoms with Gasteiger partial charge < -0.3 is 5.32 Å². The Morgan fingerprint density at radius 3 is 2.50 bits per heavy atom. The smallest absolute Gasteiger partial charge is 0.321 e. The van der Waals surface area contributed by atoms with Gasteiger partial charge in [-0.15, -0.1) is 11.8 Å². The molecule has 20 heavy (non-hydrogen) atoms. The van der Waals surface area contributed by atoms with Gasteiger partial charge in [0.25, 0.3) is 0 Å². The van der Waals surface area contributed by atoms with Gasteiger partial charge in [-0.3, -0.25) is 10.1 Å². The van der Waals surface area contributed by atoms with Crippen LogP contribution in [0.2, 0.25) is 0 Å². The fraction of sp³-hybridized carbons (Fsp3) is 0.429. The summed E-state index contributed by atoms with van der Waals surface area (Å²) in [6.45, 7) is 7.34. The van der Waals surface area contributed by atoms with Crippen molar-refractivity contribution in [3.8, 4) is 0 Å². The maximum Gasteiger partial charge on any atom is 0.321 e. The summed E-state index contributed by atoms with van der Waals surface area (Å²) in [5.74, 6) is -0.309. The molecule has 2 N–H and O–H groups in total. The monoisotopic (exact) mass is 358 g/mol. The third-order valence-electron chi connectivity index (χ3n) is 2.20. The first-order chi connectivity index (χ1) is 9.17. The maximum absolute atomic E-state index is 11.9. The van der Waals surface area contributed by atoms with Crippen LogP contribution in [-0.4, -0.2) is 22.7 Å². The molecule has 1 aromatic carbocycles. The van der Waals surface area contributed by atoms with Gasteiger partial charge in [0.15, 0.2) is 0 Å². The number of benzene rings is 1. The number of rotatable bonds is 3. The molecule has 0 bridgehead atoms. The molecule has 0 spiro atoms. The van der Waals surface area contributed by atoms with Crippen molar-refractivity contribution in [1.29, 1.82) is 0 Å². The van der Waals surface area contributed by atoms with E-state index in [1.807, 2.05) is 45.0 Å². The number of amides is 3. The highest BCUT2D eigenvalue weighted by Gasteiger charge is 2.20. The molecule has 1 rings (SSSR count). The van der Waals surface area contributed by atoms with E-state index in [0.717, 1.165) is 9.37 Å². The van der Waals surface area contributed by atoms with E-state index in [0.29, 0.717) is 0 Å². The zero-order chi connectivity index (χ0) is 15.3. The lowest BCUT2D eigenvalue weighted by Gasteiger charge is -2.21. The summed E-state index contributed by atoms with van der Waals surface area (Å²) in [4.78, 5) is 24.5. The average molecular weight is 359 g/mol. The second-order valence-electron chi connectivity index (χ2n) is 5.41. The van der Waals surface area contributed by atoms with Crippen LogP contribution >= 0.6 is 27.7 Å². The molecule has 0 saturated heterocycles. The van der Waals surface area contributed by atoms with Gasteiger partial charge in [-0.1, -0.05) is 22.0 Å². The Hall–Kier alpha value is -1.01. The predicted molar refractivity (Wildman–Crippen MR) is 85.9 cm³/mol. The normalized spacial score (nSPS) is 12.7. The number of thioether (sulfide) groups is 1. The van der Waals surface area contributed by atoms with E-state index < -0.39 is 6.03 Å². The third-order valence-corrected chi connectivity index (χ3v) is 3.79. The van der Waals surface area contributed by atoms with Crippen molar-refractivity contribution in [1.82, 2.24) is 10.6 Å². The Morgan fingerprint density at radius 1 is 1.30 bits per heavy atom. The molecular weight excluding hydrogens is 340 g/mol. The molecule has 1 aromatic rings. The molecule has 0 aromatic heterocycles. The minimum atomic E-state index is -0.468. The molecule has 0 fully saturated rings. The van der Waals surface area contributed by atoms with E-state index in [-0.39, 0.29) is 16.7 Å². The lowest BCUT2D eigenvalue weighted by atomic mass is 10.1. The topological polar surface area (TPSA) is 58.2 Å². The van der Waals surface area contributed by atoms with E-state index in [2.05, 4.69) is 26.6 Å². The van der Waals surface area contributed by atoms with Gasteiger partial charge in [-0.05, 0) is 45.9 Å². The van der Waals surface area contributed by atoms with Gasteiger partial charge >= 0.3 is 6.03 Å². The van der Waals surface area contributed by atoms with Crippen LogP contribution in [0.4, 0.5) is 4.79 Å². The lowest BCUT2D eigenvalue weighted by Crippen LogP contribution is -2.49. The zero-order valence-corrected chi connectivity index (χ0v) is 14.4. The summed E-state index contributed by atoms with van der Waals surface area (Å²) in [6.07, 6.45) is 0. The first-order valence-electron chi connectivity index (χ1n) is 6.22. The Bertz CT molecular complexity index is 500. The number of nitrogens with one attached hydrogen (secondary N) is 2. The van der Waals surface area contributed by atoms with Crippen molar-refractivity contribution >= 4 is 39.6 Å². The highest BCUT2D eigenvalue weighted by molar-refractivity contribution is 9.10. The van der Waals surface area contributed by atoms with Crippen LogP contribution in [0.1, 0.15) is 27.7 Å². The van der Waals surface area contributed by atoms with Crippen LogP contribution in [0.3, 0.4) is 0 Å². The standard InChI is InChI=1S/C14H19BrN2O2S/c1-9(20-11-7-5-6-10(15)8-11)12(18)16-13(19)17-14(2,3)4/h5-9H,1-4H3,(H2,16,17,18,19). The number of carbonyl (C=O) groups is 2. The first kappa shape index (κ1) is 17.0. The molecule has 1 atom stereocenters. The summed E-state index contributed by atoms with van der Waals surface area (Å²) in [5, 5.41) is 4.69. The Labute approximate surface area is 132 Å². The first-order valence-corrected chi connectivity index (χ1v) is 7.90. The summed E-state index contributed by atoms with van der Waals surface area (Å²) >= 11 is 4.79. The van der Waals surface area contributed by atoms with Gasteiger partial charge in [-0.2, -0.15) is 0 Å². The molecule has 4 nitrogen and oxygen atoms in total. The maximum atomic E-state index is 11.9. The molecule has 0 aliphatic carbocycles. The second-order valence-corrected chi connectivity index (χ2v) is 7.74. The summed E-state index contributed by atoms with van der Waals surface area (Å²) < 4.78 is 0.959. The highest BCUT2D eigenvalue weighted by Crippen LogP contribution is 2.25. The fourth-order valence-corrected chi connectivity index (χ4v) is 2.86. The number of halogens is 1. The van der Waals surface area contributed by atoms with Crippen LogP contribution in [0.15, 0.2) is 33.6 Å². The van der Waals surface area contributed by atoms with Crippen molar-refractivity contribution in [2.24, 2.45) is 0 Å². The third kappa shape index (κ3) is 6.43. The highest BCUT2D eigenvalue weighted by atomic mass is 79.9. The van der Waals surface area contributed by atoms with E-state index in [1.54, 1.807) is 6.92 Å². The number of urea groups is 1. The van der Waals surface area contributed by atoms with Crippen molar-refractivity contribution in [2.45, 2.75) is 43.4 Å². The van der Waals surface area contributed by atoms with E-state index in [9.17, 15) is 9.59 Å². The number of carbonyl (C=O) groups excluding carboxylic acids is 2. The van der Waals surface area contributed by atoms with Crippen molar-refractivity contribution in [3.05, 3.63) is 28.7 Å². The van der Waals surface area contributed by atoms with Crippen LogP contribution in [0, 0.1) is 0 Å². The van der Waals surface area contributed by atoms with Crippen molar-refractivity contribution in [2.75, 3.05) is 0 Å². The molecular formula is C14H19BrN2O2S. The van der Waals surface area contributed by atoms with Crippen LogP contribution in [0.25, 0.3) is 0 Å². The quantitative estimate of drug-likeness (QED) is 0.812. The average Bonchev–Trinajstić information content (AvgIpc) is 2.25. The minimum Gasteiger partial charge on any atom is -0.333 e. The molecule has 0 aliphatic rings. The van der Waals surface area contributed by atoms with E-state index in [1.165, 1.54) is 11.8 Å². The van der Waals surface area contributed by atoms with Gasteiger partial charge in [-0.25, -0.2) is 4.79 Å². The molecule has 6 heteroatoms. The Morgan fingerprint density at radius 2 is 1.95 bits per heavy atom. The van der Waals surface area contributed by atoms with Crippen molar-refractivity contribution in [3.63, 3.8) is 0 Å². The molecule has 0 aliphatic heterocycles. The second kappa shape index (κ2) is 7.13. The zero-order valence-electron chi connectivity index (χ0n) is 12.0. The number of imide groups is 1. The lowest BCUT2D eigenvalue weighted by molar-refractivity contribution is -0.119. The number of hydrogen-bond donors (Lipinski definition) is 2. The Balaban J connectivity index is 2.53. The van der Waals surface area contributed by atoms with Gasteiger partial charge in [0.05, 0.1) is 5.25 Å². The number of hydrogen-bond acceptors (Lipinski definition) is 3. The van der Waals surface area contributed by atoms with Gasteiger partial charge in [0.1, 0.15) is 0 Å². The van der Waals surface area contributed by atoms with E-state index >= 15 is 0 Å². The van der Waals surface area contributed by atoms with Crippen LogP contribution < -0.4 is 10.6 Å². The molecule has 0 radical (unpaired) electrons. The SMILES string of the molecule is CC(Sc1cccc(Br)c1)C(=O)NC(=O)NC(C)(C)C. The molecule has 3 amide bonds. The largest absolute Gasteiger partial charge is 0.333 e. The fourth-order valence-electron chi connectivity index (χ4n) is 1.38. The summed E-state index contributed by atoms with van der Waals surface area (Å²) in [6, 6.07) is 7.22. The Kier molecular flexibility index (Phi) is 6.07. The predicted octanol–water partition coefficient (Wildman–Crippen LogP) is 3.55. The van der Waals surface area contributed by atoms with Crippen LogP contribution in [0.5, 0.6) is 0 Å². The minimum absolute atomic E-state index is 0.309. The van der Waals surface area contributed by atoms with Gasteiger partial charge in [0.2, 0.25) is 5.91 Å².